The molecule has 6 nitrogen and oxygen atoms in total. The van der Waals surface area contributed by atoms with Crippen molar-refractivity contribution >= 4 is 28.3 Å². The molecular formula is C20H17F4N3O3S. The third-order valence-electron chi connectivity index (χ3n) is 4.19. The smallest absolute Gasteiger partial charge is 0.393 e. The lowest BCUT2D eigenvalue weighted by Crippen LogP contribution is -2.18. The summed E-state index contributed by atoms with van der Waals surface area (Å²) in [4.78, 5) is 28.4. The third kappa shape index (κ3) is 5.48. The van der Waals surface area contributed by atoms with Crippen molar-refractivity contribution in [2.45, 2.75) is 26.6 Å². The van der Waals surface area contributed by atoms with Crippen LogP contribution in [0.25, 0.3) is 0 Å². The topological polar surface area (TPSA) is 73.2 Å². The van der Waals surface area contributed by atoms with E-state index in [1.807, 2.05) is 0 Å². The van der Waals surface area contributed by atoms with Gasteiger partial charge in [-0.05, 0) is 17.7 Å². The summed E-state index contributed by atoms with van der Waals surface area (Å²) in [7, 11) is 0. The second kappa shape index (κ2) is 8.88. The Balaban J connectivity index is 1.91. The number of amides is 1. The van der Waals surface area contributed by atoms with E-state index in [0.717, 1.165) is 17.4 Å². The fraction of sp³-hybridized carbons (Fsp3) is 0.250. The van der Waals surface area contributed by atoms with Gasteiger partial charge in [-0.3, -0.25) is 10.1 Å². The Morgan fingerprint density at radius 1 is 1.26 bits per heavy atom. The van der Waals surface area contributed by atoms with E-state index in [4.69, 9.17) is 4.74 Å². The lowest BCUT2D eigenvalue weighted by atomic mass is 10.0. The van der Waals surface area contributed by atoms with Crippen molar-refractivity contribution in [1.82, 2.24) is 9.55 Å². The maximum Gasteiger partial charge on any atom is 0.420 e. The maximum atomic E-state index is 13.6. The second-order valence-electron chi connectivity index (χ2n) is 6.88. The van der Waals surface area contributed by atoms with E-state index >= 15 is 0 Å². The van der Waals surface area contributed by atoms with Crippen LogP contribution in [-0.4, -0.2) is 21.4 Å². The number of ether oxygens (including phenoxy) is 1. The third-order valence-corrected chi connectivity index (χ3v) is 4.88. The monoisotopic (exact) mass is 455 g/mol. The normalized spacial score (nSPS) is 11.6. The first-order valence-corrected chi connectivity index (χ1v) is 9.91. The molecule has 1 N–H and O–H groups in total. The van der Waals surface area contributed by atoms with Crippen LogP contribution in [0.15, 0.2) is 42.0 Å². The van der Waals surface area contributed by atoms with E-state index in [1.165, 1.54) is 29.1 Å². The van der Waals surface area contributed by atoms with Gasteiger partial charge in [-0.25, -0.2) is 14.2 Å². The number of rotatable bonds is 6. The van der Waals surface area contributed by atoms with Gasteiger partial charge in [0.05, 0.1) is 12.1 Å². The number of alkyl halides is 3. The van der Waals surface area contributed by atoms with Crippen molar-refractivity contribution < 1.29 is 31.9 Å². The lowest BCUT2D eigenvalue weighted by Gasteiger charge is -2.12. The van der Waals surface area contributed by atoms with Crippen molar-refractivity contribution in [1.29, 1.82) is 0 Å². The zero-order chi connectivity index (χ0) is 22.8. The van der Waals surface area contributed by atoms with Crippen LogP contribution in [0, 0.1) is 11.7 Å². The molecule has 0 fully saturated rings. The molecule has 0 aliphatic carbocycles. The first kappa shape index (κ1) is 22.5. The molecule has 2 heterocycles. The number of hydrogen-bond acceptors (Lipinski definition) is 5. The Hall–Kier alpha value is -3.21. The molecule has 0 saturated heterocycles. The summed E-state index contributed by atoms with van der Waals surface area (Å²) < 4.78 is 59.2. The molecule has 1 aromatic carbocycles. The molecule has 0 spiro atoms. The molecular weight excluding hydrogens is 438 g/mol. The van der Waals surface area contributed by atoms with E-state index in [9.17, 15) is 27.2 Å². The fourth-order valence-corrected chi connectivity index (χ4v) is 3.26. The number of Topliss-reactive ketones (excluding diaryl/α,β-unsaturated/α-hetero) is 1. The maximum absolute atomic E-state index is 13.6. The highest BCUT2D eigenvalue weighted by molar-refractivity contribution is 7.13. The van der Waals surface area contributed by atoms with Crippen LogP contribution in [0.1, 0.15) is 35.3 Å². The summed E-state index contributed by atoms with van der Waals surface area (Å²) in [6, 6.07) is 3.92. The number of thiazole rings is 1. The van der Waals surface area contributed by atoms with Crippen molar-refractivity contribution in [3.63, 3.8) is 0 Å². The zero-order valence-electron chi connectivity index (χ0n) is 16.4. The van der Waals surface area contributed by atoms with Gasteiger partial charge in [0.15, 0.2) is 10.9 Å². The number of benzene rings is 1. The van der Waals surface area contributed by atoms with Crippen LogP contribution in [0.3, 0.4) is 0 Å². The molecule has 31 heavy (non-hydrogen) atoms. The molecule has 0 unspecified atom stereocenters. The molecule has 0 aliphatic rings. The number of nitrogens with one attached hydrogen (secondary N) is 1. The minimum atomic E-state index is -4.86. The van der Waals surface area contributed by atoms with Gasteiger partial charge in [-0.2, -0.15) is 13.2 Å². The largest absolute Gasteiger partial charge is 0.420 e. The summed E-state index contributed by atoms with van der Waals surface area (Å²) in [6.45, 7) is 3.19. The van der Waals surface area contributed by atoms with E-state index in [-0.39, 0.29) is 40.4 Å². The molecule has 3 aromatic rings. The average molecular weight is 455 g/mol. The summed E-state index contributed by atoms with van der Waals surface area (Å²) in [5.74, 6) is -2.04. The van der Waals surface area contributed by atoms with Gasteiger partial charge in [0, 0.05) is 35.3 Å². The minimum Gasteiger partial charge on any atom is -0.393 e. The Morgan fingerprint density at radius 3 is 2.61 bits per heavy atom. The Labute approximate surface area is 178 Å². The van der Waals surface area contributed by atoms with Crippen LogP contribution >= 0.6 is 11.3 Å². The van der Waals surface area contributed by atoms with Crippen LogP contribution < -0.4 is 10.1 Å². The number of anilines is 1. The Bertz CT molecular complexity index is 1090. The van der Waals surface area contributed by atoms with Crippen LogP contribution in [0.4, 0.5) is 27.5 Å². The molecule has 1 amide bonds. The molecule has 0 saturated carbocycles. The van der Waals surface area contributed by atoms with Crippen LogP contribution in [0.5, 0.6) is 5.88 Å². The van der Waals surface area contributed by atoms with Crippen molar-refractivity contribution in [2.75, 3.05) is 5.32 Å². The molecule has 0 radical (unpaired) electrons. The number of hydrogen-bond donors (Lipinski definition) is 1. The standard InChI is InChI=1S/C20H17F4N3O3S/c1-11(2)17(28)13-8-16(30-19(29)26-18-25-5-6-31-18)27(10-13)9-12-3-4-15(21)14(7-12)20(22,23)24/h3-8,10-11H,9H2,1-2H3,(H,25,26,29). The Morgan fingerprint density at radius 2 is 2.00 bits per heavy atom. The minimum absolute atomic E-state index is 0.0593. The van der Waals surface area contributed by atoms with E-state index in [2.05, 4.69) is 10.3 Å². The number of ketones is 1. The van der Waals surface area contributed by atoms with Crippen molar-refractivity contribution in [3.05, 3.63) is 64.5 Å². The predicted molar refractivity (Wildman–Crippen MR) is 106 cm³/mol. The number of halogens is 4. The summed E-state index contributed by atoms with van der Waals surface area (Å²) in [6.07, 6.45) is -2.88. The number of aromatic nitrogens is 2. The van der Waals surface area contributed by atoms with Crippen LogP contribution in [-0.2, 0) is 12.7 Å². The second-order valence-corrected chi connectivity index (χ2v) is 7.77. The number of carbonyl (C=O) groups excluding carboxylic acids is 2. The predicted octanol–water partition coefficient (Wildman–Crippen LogP) is 5.60. The molecule has 11 heteroatoms. The van der Waals surface area contributed by atoms with Gasteiger partial charge >= 0.3 is 12.3 Å². The lowest BCUT2D eigenvalue weighted by molar-refractivity contribution is -0.140. The first-order chi connectivity index (χ1) is 14.5. The van der Waals surface area contributed by atoms with Gasteiger partial charge in [-0.1, -0.05) is 19.9 Å². The van der Waals surface area contributed by atoms with E-state index in [1.54, 1.807) is 19.2 Å². The van der Waals surface area contributed by atoms with Crippen LogP contribution in [0.2, 0.25) is 0 Å². The highest BCUT2D eigenvalue weighted by Gasteiger charge is 2.34. The molecule has 2 aromatic heterocycles. The Kier molecular flexibility index (Phi) is 6.44. The quantitative estimate of drug-likeness (QED) is 0.388. The van der Waals surface area contributed by atoms with Gasteiger partial charge < -0.3 is 9.30 Å². The van der Waals surface area contributed by atoms with Gasteiger partial charge in [0.25, 0.3) is 0 Å². The molecule has 164 valence electrons. The summed E-state index contributed by atoms with van der Waals surface area (Å²) in [5, 5.41) is 4.34. The van der Waals surface area contributed by atoms with Gasteiger partial charge in [-0.15, -0.1) is 11.3 Å². The number of carbonyl (C=O) groups is 2. The van der Waals surface area contributed by atoms with Crippen molar-refractivity contribution in [3.8, 4) is 5.88 Å². The zero-order valence-corrected chi connectivity index (χ0v) is 17.2. The first-order valence-electron chi connectivity index (χ1n) is 9.03. The molecule has 0 aliphatic heterocycles. The summed E-state index contributed by atoms with van der Waals surface area (Å²) in [5.41, 5.74) is -1.07. The highest BCUT2D eigenvalue weighted by atomic mass is 32.1. The SMILES string of the molecule is CC(C)C(=O)c1cc(OC(=O)Nc2nccs2)n(Cc2ccc(F)c(C(F)(F)F)c2)c1. The van der Waals surface area contributed by atoms with E-state index in [0.29, 0.717) is 6.07 Å². The summed E-state index contributed by atoms with van der Waals surface area (Å²) >= 11 is 1.16. The van der Waals surface area contributed by atoms with Gasteiger partial charge in [0.1, 0.15) is 5.82 Å². The number of nitrogens with zero attached hydrogens (tertiary/aromatic N) is 2. The molecule has 0 atom stereocenters. The molecule has 3 rings (SSSR count). The fourth-order valence-electron chi connectivity index (χ4n) is 2.74. The van der Waals surface area contributed by atoms with Crippen molar-refractivity contribution in [2.24, 2.45) is 5.92 Å². The van der Waals surface area contributed by atoms with Gasteiger partial charge in [0.2, 0.25) is 5.88 Å². The molecule has 0 bridgehead atoms. The average Bonchev–Trinajstić information content (AvgIpc) is 3.32. The highest BCUT2D eigenvalue weighted by Crippen LogP contribution is 2.32. The van der Waals surface area contributed by atoms with E-state index < -0.39 is 23.7 Å².